The van der Waals surface area contributed by atoms with Gasteiger partial charge in [0.2, 0.25) is 0 Å². The van der Waals surface area contributed by atoms with Crippen LogP contribution in [0.1, 0.15) is 12.5 Å². The van der Waals surface area contributed by atoms with E-state index in [-0.39, 0.29) is 6.04 Å². The highest BCUT2D eigenvalue weighted by molar-refractivity contribution is 5.89. The number of carbonyl (C=O) groups is 2. The third-order valence-corrected chi connectivity index (χ3v) is 2.66. The molecule has 7 heteroatoms. The van der Waals surface area contributed by atoms with Gasteiger partial charge in [-0.15, -0.1) is 0 Å². The summed E-state index contributed by atoms with van der Waals surface area (Å²) in [5.41, 5.74) is 7.93. The number of hydrogen-bond acceptors (Lipinski definition) is 4. The molecular weight excluding hydrogens is 288 g/mol. The third kappa shape index (κ3) is 5.68. The van der Waals surface area contributed by atoms with E-state index in [1.54, 1.807) is 12.1 Å². The predicted octanol–water partition coefficient (Wildman–Crippen LogP) is 1.47. The molecule has 0 saturated carbocycles. The van der Waals surface area contributed by atoms with Crippen LogP contribution in [0.15, 0.2) is 36.5 Å². The van der Waals surface area contributed by atoms with Crippen LogP contribution < -0.4 is 5.73 Å². The molecule has 1 aromatic heterocycles. The van der Waals surface area contributed by atoms with Crippen LogP contribution in [0.4, 0.5) is 0 Å². The molecule has 0 aliphatic rings. The van der Waals surface area contributed by atoms with Gasteiger partial charge in [-0.1, -0.05) is 0 Å². The lowest BCUT2D eigenvalue weighted by Gasteiger charge is -2.02. The molecule has 6 N–H and O–H groups in total. The summed E-state index contributed by atoms with van der Waals surface area (Å²) in [5, 5.41) is 26.0. The molecule has 0 radical (unpaired) electrons. The third-order valence-electron chi connectivity index (χ3n) is 2.66. The zero-order valence-electron chi connectivity index (χ0n) is 12.0. The van der Waals surface area contributed by atoms with Gasteiger partial charge in [0.1, 0.15) is 5.75 Å². The molecule has 0 amide bonds. The van der Waals surface area contributed by atoms with E-state index >= 15 is 0 Å². The highest BCUT2D eigenvalue weighted by atomic mass is 16.4. The number of aromatic amines is 1. The van der Waals surface area contributed by atoms with Crippen molar-refractivity contribution in [2.75, 3.05) is 0 Å². The SMILES string of the molecule is C[C@@H](N)Cc1c[nH]c2ccc(O)cc12.O=C(O)C=CC(=O)O. The van der Waals surface area contributed by atoms with Crippen LogP contribution in [0.25, 0.3) is 10.9 Å². The molecule has 0 aliphatic heterocycles. The first-order valence-electron chi connectivity index (χ1n) is 6.48. The molecule has 118 valence electrons. The van der Waals surface area contributed by atoms with Crippen molar-refractivity contribution < 1.29 is 24.9 Å². The number of nitrogens with two attached hydrogens (primary N) is 1. The van der Waals surface area contributed by atoms with Gasteiger partial charge < -0.3 is 26.0 Å². The maximum Gasteiger partial charge on any atom is 0.328 e. The van der Waals surface area contributed by atoms with Crippen molar-refractivity contribution in [1.82, 2.24) is 4.98 Å². The van der Waals surface area contributed by atoms with Gasteiger partial charge in [0.15, 0.2) is 0 Å². The van der Waals surface area contributed by atoms with E-state index in [1.165, 1.54) is 0 Å². The second kappa shape index (κ2) is 7.84. The van der Waals surface area contributed by atoms with Crippen molar-refractivity contribution in [3.05, 3.63) is 42.1 Å². The topological polar surface area (TPSA) is 137 Å². The highest BCUT2D eigenvalue weighted by Crippen LogP contribution is 2.23. The molecule has 1 atom stereocenters. The number of nitrogens with one attached hydrogen (secondary N) is 1. The zero-order chi connectivity index (χ0) is 16.7. The van der Waals surface area contributed by atoms with Crippen LogP contribution in [-0.4, -0.2) is 38.3 Å². The highest BCUT2D eigenvalue weighted by Gasteiger charge is 2.05. The van der Waals surface area contributed by atoms with Crippen molar-refractivity contribution in [1.29, 1.82) is 0 Å². The summed E-state index contributed by atoms with van der Waals surface area (Å²) in [4.78, 5) is 22.3. The number of phenols is 1. The Morgan fingerprint density at radius 3 is 2.36 bits per heavy atom. The van der Waals surface area contributed by atoms with Crippen LogP contribution in [0.3, 0.4) is 0 Å². The largest absolute Gasteiger partial charge is 0.508 e. The predicted molar refractivity (Wildman–Crippen MR) is 81.7 cm³/mol. The van der Waals surface area contributed by atoms with E-state index in [9.17, 15) is 14.7 Å². The zero-order valence-corrected chi connectivity index (χ0v) is 12.0. The molecule has 0 unspecified atom stereocenters. The van der Waals surface area contributed by atoms with Crippen molar-refractivity contribution in [3.63, 3.8) is 0 Å². The molecular formula is C15H18N2O5. The standard InChI is InChI=1S/C11H14N2O.C4H4O4/c1-7(12)4-8-6-13-11-3-2-9(14)5-10(8)11;5-3(6)1-2-4(7)8/h2-3,5-7,13-14H,4,12H2,1H3;1-2H,(H,5,6)(H,7,8)/t7-;/m1./s1. The minimum absolute atomic E-state index is 0.136. The van der Waals surface area contributed by atoms with Crippen molar-refractivity contribution in [3.8, 4) is 5.75 Å². The molecule has 1 aromatic carbocycles. The lowest BCUT2D eigenvalue weighted by atomic mass is 10.1. The number of carboxylic acid groups (broad SMARTS) is 2. The Balaban J connectivity index is 0.000000261. The molecule has 0 aliphatic carbocycles. The lowest BCUT2D eigenvalue weighted by Crippen LogP contribution is -2.17. The minimum atomic E-state index is -1.26. The second-order valence-corrected chi connectivity index (χ2v) is 4.74. The smallest absolute Gasteiger partial charge is 0.328 e. The van der Waals surface area contributed by atoms with Gasteiger partial charge in [-0.05, 0) is 37.1 Å². The minimum Gasteiger partial charge on any atom is -0.508 e. The van der Waals surface area contributed by atoms with Gasteiger partial charge in [0, 0.05) is 35.3 Å². The van der Waals surface area contributed by atoms with Crippen LogP contribution >= 0.6 is 0 Å². The van der Waals surface area contributed by atoms with E-state index in [2.05, 4.69) is 4.98 Å². The molecule has 0 spiro atoms. The van der Waals surface area contributed by atoms with Crippen LogP contribution in [-0.2, 0) is 16.0 Å². The second-order valence-electron chi connectivity index (χ2n) is 4.74. The van der Waals surface area contributed by atoms with E-state index in [0.717, 1.165) is 22.9 Å². The Morgan fingerprint density at radius 1 is 1.27 bits per heavy atom. The monoisotopic (exact) mass is 306 g/mol. The van der Waals surface area contributed by atoms with Crippen molar-refractivity contribution >= 4 is 22.8 Å². The summed E-state index contributed by atoms with van der Waals surface area (Å²) in [7, 11) is 0. The van der Waals surface area contributed by atoms with Gasteiger partial charge in [-0.25, -0.2) is 9.59 Å². The van der Waals surface area contributed by atoms with Gasteiger partial charge in [0.05, 0.1) is 0 Å². The summed E-state index contributed by atoms with van der Waals surface area (Å²) >= 11 is 0. The molecule has 0 saturated heterocycles. The first-order valence-corrected chi connectivity index (χ1v) is 6.48. The number of H-pyrrole nitrogens is 1. The van der Waals surface area contributed by atoms with Gasteiger partial charge in [0.25, 0.3) is 0 Å². The molecule has 22 heavy (non-hydrogen) atoms. The van der Waals surface area contributed by atoms with Gasteiger partial charge >= 0.3 is 11.9 Å². The van der Waals surface area contributed by atoms with Crippen LogP contribution in [0, 0.1) is 0 Å². The average molecular weight is 306 g/mol. The maximum absolute atomic E-state index is 9.55. The van der Waals surface area contributed by atoms with Crippen LogP contribution in [0.2, 0.25) is 0 Å². The van der Waals surface area contributed by atoms with Crippen molar-refractivity contribution in [2.24, 2.45) is 5.73 Å². The number of aliphatic carboxylic acids is 2. The Hall–Kier alpha value is -2.80. The molecule has 7 nitrogen and oxygen atoms in total. The molecule has 2 rings (SSSR count). The Morgan fingerprint density at radius 2 is 1.86 bits per heavy atom. The van der Waals surface area contributed by atoms with E-state index in [1.807, 2.05) is 19.2 Å². The summed E-state index contributed by atoms with van der Waals surface area (Å²) < 4.78 is 0. The number of hydrogen-bond donors (Lipinski definition) is 5. The van der Waals surface area contributed by atoms with Gasteiger partial charge in [-0.3, -0.25) is 0 Å². The average Bonchev–Trinajstić information content (AvgIpc) is 2.79. The first-order chi connectivity index (χ1) is 10.3. The number of benzene rings is 1. The molecule has 1 heterocycles. The summed E-state index contributed by atoms with van der Waals surface area (Å²) in [6, 6.07) is 5.45. The fourth-order valence-corrected chi connectivity index (χ4v) is 1.82. The fraction of sp³-hybridized carbons (Fsp3) is 0.200. The first kappa shape index (κ1) is 17.3. The number of phenolic OH excluding ortho intramolecular Hbond substituents is 1. The quantitative estimate of drug-likeness (QED) is 0.543. The number of aromatic hydroxyl groups is 1. The number of aromatic nitrogens is 1. The Kier molecular flexibility index (Phi) is 6.15. The number of fused-ring (bicyclic) bond motifs is 1. The van der Waals surface area contributed by atoms with E-state index in [0.29, 0.717) is 17.9 Å². The number of rotatable bonds is 4. The number of carboxylic acids is 2. The van der Waals surface area contributed by atoms with Crippen molar-refractivity contribution in [2.45, 2.75) is 19.4 Å². The molecule has 0 fully saturated rings. The van der Waals surface area contributed by atoms with Gasteiger partial charge in [-0.2, -0.15) is 0 Å². The van der Waals surface area contributed by atoms with E-state index < -0.39 is 11.9 Å². The summed E-state index contributed by atoms with van der Waals surface area (Å²) in [6.07, 6.45) is 3.89. The fourth-order valence-electron chi connectivity index (χ4n) is 1.82. The Labute approximate surface area is 126 Å². The molecule has 0 bridgehead atoms. The normalized spacial score (nSPS) is 11.9. The summed E-state index contributed by atoms with van der Waals surface area (Å²) in [6.45, 7) is 1.97. The summed E-state index contributed by atoms with van der Waals surface area (Å²) in [5.74, 6) is -2.22. The van der Waals surface area contributed by atoms with E-state index in [4.69, 9.17) is 15.9 Å². The van der Waals surface area contributed by atoms with Crippen LogP contribution in [0.5, 0.6) is 5.75 Å². The lowest BCUT2D eigenvalue weighted by molar-refractivity contribution is -0.134. The maximum atomic E-state index is 9.55. The molecule has 2 aromatic rings. The Bertz CT molecular complexity index is 672.